The molecule has 0 radical (unpaired) electrons. The first-order valence-corrected chi connectivity index (χ1v) is 19.6. The Morgan fingerprint density at radius 2 is 0.966 bits per heavy atom. The molecule has 0 atom stereocenters. The fourth-order valence-corrected chi connectivity index (χ4v) is 8.20. The maximum atomic E-state index is 6.33. The third kappa shape index (κ3) is 5.96. The highest BCUT2D eigenvalue weighted by Gasteiger charge is 2.20. The highest BCUT2D eigenvalue weighted by molar-refractivity contribution is 6.12. The number of rotatable bonds is 7. The molecule has 0 saturated carbocycles. The van der Waals surface area contributed by atoms with E-state index in [1.165, 1.54) is 27.8 Å². The van der Waals surface area contributed by atoms with E-state index in [2.05, 4.69) is 174 Å². The van der Waals surface area contributed by atoms with Gasteiger partial charge in [0.1, 0.15) is 5.52 Å². The zero-order valence-electron chi connectivity index (χ0n) is 31.5. The van der Waals surface area contributed by atoms with Crippen LogP contribution in [0.3, 0.4) is 0 Å². The van der Waals surface area contributed by atoms with E-state index in [-0.39, 0.29) is 0 Å². The molecule has 0 aliphatic rings. The Balaban J connectivity index is 1.13. The molecule has 0 N–H and O–H groups in total. The number of pyridine rings is 1. The van der Waals surface area contributed by atoms with Crippen LogP contribution in [0.15, 0.2) is 217 Å². The minimum atomic E-state index is 0.595. The Morgan fingerprint density at radius 1 is 0.379 bits per heavy atom. The van der Waals surface area contributed by atoms with Gasteiger partial charge < -0.3 is 8.98 Å². The molecule has 11 aromatic rings. The third-order valence-electron chi connectivity index (χ3n) is 11.1. The number of para-hydroxylation sites is 2. The van der Waals surface area contributed by atoms with Crippen molar-refractivity contribution in [1.82, 2.24) is 14.5 Å². The molecule has 0 aliphatic carbocycles. The van der Waals surface area contributed by atoms with E-state index in [9.17, 15) is 0 Å². The van der Waals surface area contributed by atoms with Crippen LogP contribution in [0.25, 0.3) is 106 Å². The summed E-state index contributed by atoms with van der Waals surface area (Å²) in [5.74, 6) is 0.595. The van der Waals surface area contributed by atoms with E-state index < -0.39 is 0 Å². The maximum Gasteiger partial charge on any atom is 0.227 e. The van der Waals surface area contributed by atoms with E-state index >= 15 is 0 Å². The molecule has 3 aromatic heterocycles. The smallest absolute Gasteiger partial charge is 0.227 e. The van der Waals surface area contributed by atoms with Crippen molar-refractivity contribution in [2.24, 2.45) is 0 Å². The predicted molar refractivity (Wildman–Crippen MR) is 239 cm³/mol. The summed E-state index contributed by atoms with van der Waals surface area (Å²) < 4.78 is 8.74. The lowest BCUT2D eigenvalue weighted by atomic mass is 9.97. The van der Waals surface area contributed by atoms with Gasteiger partial charge in [-0.1, -0.05) is 152 Å². The number of oxazole rings is 1. The second-order valence-electron chi connectivity index (χ2n) is 14.6. The minimum Gasteiger partial charge on any atom is -0.436 e. The van der Waals surface area contributed by atoms with Crippen molar-refractivity contribution in [1.29, 1.82) is 0 Å². The van der Waals surface area contributed by atoms with Crippen molar-refractivity contribution < 1.29 is 4.42 Å². The summed E-state index contributed by atoms with van der Waals surface area (Å²) in [6, 6.07) is 72.9. The summed E-state index contributed by atoms with van der Waals surface area (Å²) >= 11 is 0. The highest BCUT2D eigenvalue weighted by atomic mass is 16.3. The van der Waals surface area contributed by atoms with Gasteiger partial charge in [0, 0.05) is 33.7 Å². The molecule has 3 heterocycles. The molecule has 0 spiro atoms. The van der Waals surface area contributed by atoms with Gasteiger partial charge in [0.25, 0.3) is 0 Å². The Labute approximate surface area is 336 Å². The van der Waals surface area contributed by atoms with Gasteiger partial charge in [0.15, 0.2) is 5.58 Å². The second-order valence-corrected chi connectivity index (χ2v) is 14.6. The molecular weight excluding hydrogens is 707 g/mol. The molecule has 0 unspecified atom stereocenters. The molecule has 0 amide bonds. The van der Waals surface area contributed by atoms with Crippen LogP contribution in [0.2, 0.25) is 0 Å². The van der Waals surface area contributed by atoms with Crippen LogP contribution in [0.5, 0.6) is 0 Å². The summed E-state index contributed by atoms with van der Waals surface area (Å²) in [4.78, 5) is 9.66. The molecule has 8 aromatic carbocycles. The van der Waals surface area contributed by atoms with Crippen LogP contribution in [0.1, 0.15) is 0 Å². The zero-order valence-corrected chi connectivity index (χ0v) is 31.5. The molecule has 11 rings (SSSR count). The van der Waals surface area contributed by atoms with Crippen LogP contribution < -0.4 is 0 Å². The van der Waals surface area contributed by atoms with Gasteiger partial charge in [-0.15, -0.1) is 0 Å². The van der Waals surface area contributed by atoms with Gasteiger partial charge in [-0.05, 0) is 93.5 Å². The molecule has 0 fully saturated rings. The third-order valence-corrected chi connectivity index (χ3v) is 11.1. The Hall–Kier alpha value is -7.82. The van der Waals surface area contributed by atoms with Gasteiger partial charge in [0.2, 0.25) is 5.89 Å². The largest absolute Gasteiger partial charge is 0.436 e. The van der Waals surface area contributed by atoms with Crippen molar-refractivity contribution in [3.05, 3.63) is 212 Å². The van der Waals surface area contributed by atoms with Gasteiger partial charge >= 0.3 is 0 Å². The van der Waals surface area contributed by atoms with Crippen LogP contribution in [0, 0.1) is 0 Å². The summed E-state index contributed by atoms with van der Waals surface area (Å²) in [7, 11) is 0. The molecule has 272 valence electrons. The van der Waals surface area contributed by atoms with Gasteiger partial charge in [-0.25, -0.2) is 4.98 Å². The molecule has 0 bridgehead atoms. The second kappa shape index (κ2) is 14.0. The van der Waals surface area contributed by atoms with E-state index in [1.54, 1.807) is 0 Å². The SMILES string of the molecule is c1ccc(-c2ccc(-c3ccc4c(c3)c3ccc(-c5nc6ccccc6o5)cc3n4-c3cc(-c4ccccn4)ccc3-c3ccc(-c4ccccc4)cc3)cc2)cc1. The Bertz CT molecular complexity index is 3210. The standard InChI is InChI=1S/C54H35N3O/c1-3-11-36(12-4-1)38-18-20-40(21-19-38)42-28-31-50-47(33-42)46-30-27-44(54-56-49-16-7-8-17-53(49)58-54)35-52(46)57(50)51-34-43(48-15-9-10-32-55-48)26-29-45(51)41-24-22-39(23-25-41)37-13-5-2-6-14-37/h1-35H. The van der Waals surface area contributed by atoms with Crippen LogP contribution in [-0.2, 0) is 0 Å². The Kier molecular flexibility index (Phi) is 8.11. The number of aromatic nitrogens is 3. The number of hydrogen-bond donors (Lipinski definition) is 0. The topological polar surface area (TPSA) is 43.9 Å². The van der Waals surface area contributed by atoms with Crippen LogP contribution >= 0.6 is 0 Å². The van der Waals surface area contributed by atoms with E-state index in [1.807, 2.05) is 42.6 Å². The van der Waals surface area contributed by atoms with Crippen molar-refractivity contribution in [2.75, 3.05) is 0 Å². The summed E-state index contributed by atoms with van der Waals surface area (Å²) in [6.07, 6.45) is 1.85. The number of benzene rings is 8. The summed E-state index contributed by atoms with van der Waals surface area (Å²) in [5, 5.41) is 2.31. The first-order valence-electron chi connectivity index (χ1n) is 19.6. The van der Waals surface area contributed by atoms with E-state index in [4.69, 9.17) is 14.4 Å². The van der Waals surface area contributed by atoms with E-state index in [0.29, 0.717) is 5.89 Å². The molecule has 58 heavy (non-hydrogen) atoms. The predicted octanol–water partition coefficient (Wildman–Crippen LogP) is 14.3. The molecule has 4 nitrogen and oxygen atoms in total. The molecule has 0 saturated heterocycles. The number of nitrogens with zero attached hydrogens (tertiary/aromatic N) is 3. The maximum absolute atomic E-state index is 6.33. The molecular formula is C54H35N3O. The van der Waals surface area contributed by atoms with Crippen LogP contribution in [-0.4, -0.2) is 14.5 Å². The minimum absolute atomic E-state index is 0.595. The summed E-state index contributed by atoms with van der Waals surface area (Å²) in [6.45, 7) is 0. The Morgan fingerprint density at radius 3 is 1.66 bits per heavy atom. The fraction of sp³-hybridized carbons (Fsp3) is 0. The van der Waals surface area contributed by atoms with E-state index in [0.717, 1.165) is 72.1 Å². The van der Waals surface area contributed by atoms with Crippen LogP contribution in [0.4, 0.5) is 0 Å². The average Bonchev–Trinajstić information content (AvgIpc) is 3.89. The van der Waals surface area contributed by atoms with Crippen molar-refractivity contribution >= 4 is 32.9 Å². The van der Waals surface area contributed by atoms with Crippen molar-refractivity contribution in [3.8, 4) is 72.9 Å². The van der Waals surface area contributed by atoms with Crippen molar-refractivity contribution in [2.45, 2.75) is 0 Å². The lowest BCUT2D eigenvalue weighted by Crippen LogP contribution is -1.99. The lowest BCUT2D eigenvalue weighted by Gasteiger charge is -2.17. The average molecular weight is 742 g/mol. The van der Waals surface area contributed by atoms with Gasteiger partial charge in [-0.3, -0.25) is 4.98 Å². The number of hydrogen-bond acceptors (Lipinski definition) is 3. The highest BCUT2D eigenvalue weighted by Crippen LogP contribution is 2.41. The lowest BCUT2D eigenvalue weighted by molar-refractivity contribution is 0.620. The first kappa shape index (κ1) is 33.5. The van der Waals surface area contributed by atoms with Gasteiger partial charge in [-0.2, -0.15) is 0 Å². The monoisotopic (exact) mass is 741 g/mol. The van der Waals surface area contributed by atoms with Gasteiger partial charge in [0.05, 0.1) is 22.4 Å². The molecule has 4 heteroatoms. The number of fused-ring (bicyclic) bond motifs is 4. The quantitative estimate of drug-likeness (QED) is 0.163. The zero-order chi connectivity index (χ0) is 38.4. The normalized spacial score (nSPS) is 11.4. The summed E-state index contributed by atoms with van der Waals surface area (Å²) in [5.41, 5.74) is 17.1. The first-order chi connectivity index (χ1) is 28.7. The van der Waals surface area contributed by atoms with Crippen molar-refractivity contribution in [3.63, 3.8) is 0 Å². The fourth-order valence-electron chi connectivity index (χ4n) is 8.20. The molecule has 0 aliphatic heterocycles.